The summed E-state index contributed by atoms with van der Waals surface area (Å²) in [5.41, 5.74) is 0.806. The third kappa shape index (κ3) is 1.47. The van der Waals surface area contributed by atoms with Gasteiger partial charge in [-0.25, -0.2) is 14.4 Å². The predicted molar refractivity (Wildman–Crippen MR) is 89.9 cm³/mol. The highest BCUT2D eigenvalue weighted by Crippen LogP contribution is 2.42. The molecule has 0 aliphatic carbocycles. The van der Waals surface area contributed by atoms with Crippen LogP contribution >= 0.6 is 11.3 Å². The molecule has 0 radical (unpaired) electrons. The molecule has 0 aliphatic rings. The fourth-order valence-electron chi connectivity index (χ4n) is 3.14. The van der Waals surface area contributed by atoms with E-state index < -0.39 is 0 Å². The number of thiophene rings is 1. The highest BCUT2D eigenvalue weighted by Gasteiger charge is 2.15. The summed E-state index contributed by atoms with van der Waals surface area (Å²) in [4.78, 5) is 8.59. The van der Waals surface area contributed by atoms with Crippen LogP contribution in [-0.4, -0.2) is 9.97 Å². The van der Waals surface area contributed by atoms with Crippen molar-refractivity contribution in [3.63, 3.8) is 0 Å². The van der Waals surface area contributed by atoms with E-state index in [1.165, 1.54) is 27.2 Å². The van der Waals surface area contributed by atoms with Gasteiger partial charge in [-0.1, -0.05) is 18.2 Å². The normalized spacial score (nSPS) is 11.9. The van der Waals surface area contributed by atoms with Gasteiger partial charge in [0.2, 0.25) is 0 Å². The molecule has 5 aromatic rings. The van der Waals surface area contributed by atoms with E-state index in [1.54, 1.807) is 17.4 Å². The van der Waals surface area contributed by atoms with Crippen molar-refractivity contribution < 1.29 is 4.39 Å². The van der Waals surface area contributed by atoms with Gasteiger partial charge in [-0.05, 0) is 24.3 Å². The summed E-state index contributed by atoms with van der Waals surface area (Å²) in [5.74, 6) is -0.243. The average Bonchev–Trinajstić information content (AvgIpc) is 2.94. The molecule has 22 heavy (non-hydrogen) atoms. The lowest BCUT2D eigenvalue weighted by atomic mass is 10.0. The Morgan fingerprint density at radius 1 is 0.909 bits per heavy atom. The van der Waals surface area contributed by atoms with E-state index in [1.807, 2.05) is 24.4 Å². The Hall–Kier alpha value is -2.59. The molecule has 0 atom stereocenters. The second-order valence-electron chi connectivity index (χ2n) is 5.28. The molecule has 4 heteroatoms. The average molecular weight is 304 g/mol. The monoisotopic (exact) mass is 304 g/mol. The van der Waals surface area contributed by atoms with Crippen molar-refractivity contribution in [1.29, 1.82) is 0 Å². The Balaban J connectivity index is 2.22. The van der Waals surface area contributed by atoms with Gasteiger partial charge >= 0.3 is 0 Å². The first-order valence-corrected chi connectivity index (χ1v) is 7.77. The molecular weight excluding hydrogens is 295 g/mol. The first kappa shape index (κ1) is 12.0. The summed E-state index contributed by atoms with van der Waals surface area (Å²) in [5, 5.41) is 5.23. The van der Waals surface area contributed by atoms with Gasteiger partial charge < -0.3 is 0 Å². The number of halogens is 1. The Labute approximate surface area is 128 Å². The van der Waals surface area contributed by atoms with Crippen LogP contribution in [0, 0.1) is 5.82 Å². The Morgan fingerprint density at radius 2 is 1.82 bits per heavy atom. The second-order valence-corrected chi connectivity index (χ2v) is 6.33. The summed E-state index contributed by atoms with van der Waals surface area (Å²) in [6.45, 7) is 0. The zero-order valence-corrected chi connectivity index (χ0v) is 12.2. The van der Waals surface area contributed by atoms with Gasteiger partial charge in [-0.3, -0.25) is 0 Å². The maximum absolute atomic E-state index is 13.7. The maximum Gasteiger partial charge on any atom is 0.123 e. The van der Waals surface area contributed by atoms with E-state index in [4.69, 9.17) is 0 Å². The minimum absolute atomic E-state index is 0.243. The van der Waals surface area contributed by atoms with E-state index in [2.05, 4.69) is 22.1 Å². The predicted octanol–water partition coefficient (Wildman–Crippen LogP) is 5.29. The summed E-state index contributed by atoms with van der Waals surface area (Å²) in [6.07, 6.45) is 3.35. The zero-order chi connectivity index (χ0) is 14.7. The number of rotatable bonds is 0. The van der Waals surface area contributed by atoms with Gasteiger partial charge in [-0.2, -0.15) is 0 Å². The quantitative estimate of drug-likeness (QED) is 0.363. The molecule has 104 valence electrons. The SMILES string of the molecule is Fc1ccc2c(c1)c1ncncc1c1c3ccccc3sc21. The van der Waals surface area contributed by atoms with E-state index in [0.29, 0.717) is 0 Å². The van der Waals surface area contributed by atoms with Crippen LogP contribution in [0.5, 0.6) is 0 Å². The lowest BCUT2D eigenvalue weighted by Gasteiger charge is -2.06. The lowest BCUT2D eigenvalue weighted by Crippen LogP contribution is -1.86. The molecule has 2 aromatic heterocycles. The topological polar surface area (TPSA) is 25.8 Å². The van der Waals surface area contributed by atoms with Gasteiger partial charge in [-0.15, -0.1) is 11.3 Å². The van der Waals surface area contributed by atoms with Crippen LogP contribution in [-0.2, 0) is 0 Å². The minimum atomic E-state index is -0.243. The van der Waals surface area contributed by atoms with Crippen molar-refractivity contribution in [3.8, 4) is 0 Å². The van der Waals surface area contributed by atoms with Crippen molar-refractivity contribution >= 4 is 53.2 Å². The van der Waals surface area contributed by atoms with E-state index in [9.17, 15) is 4.39 Å². The molecule has 0 aliphatic heterocycles. The van der Waals surface area contributed by atoms with E-state index >= 15 is 0 Å². The van der Waals surface area contributed by atoms with Crippen LogP contribution in [0.25, 0.3) is 41.8 Å². The van der Waals surface area contributed by atoms with Crippen molar-refractivity contribution in [2.45, 2.75) is 0 Å². The lowest BCUT2D eigenvalue weighted by molar-refractivity contribution is 0.630. The highest BCUT2D eigenvalue weighted by atomic mass is 32.1. The minimum Gasteiger partial charge on any atom is -0.244 e. The van der Waals surface area contributed by atoms with Crippen molar-refractivity contribution in [3.05, 3.63) is 60.8 Å². The molecule has 0 saturated heterocycles. The summed E-state index contributed by atoms with van der Waals surface area (Å²) < 4.78 is 16.1. The molecular formula is C18H9FN2S. The number of hydrogen-bond donors (Lipinski definition) is 0. The van der Waals surface area contributed by atoms with E-state index in [-0.39, 0.29) is 5.82 Å². The van der Waals surface area contributed by atoms with Crippen molar-refractivity contribution in [1.82, 2.24) is 9.97 Å². The molecule has 0 fully saturated rings. The Kier molecular flexibility index (Phi) is 2.30. The Morgan fingerprint density at radius 3 is 2.77 bits per heavy atom. The molecule has 2 nitrogen and oxygen atoms in total. The molecule has 3 aromatic carbocycles. The van der Waals surface area contributed by atoms with Gasteiger partial charge in [0, 0.05) is 42.5 Å². The number of aromatic nitrogens is 2. The van der Waals surface area contributed by atoms with Crippen LogP contribution in [0.3, 0.4) is 0 Å². The molecule has 0 bridgehead atoms. The summed E-state index contributed by atoms with van der Waals surface area (Å²) in [7, 11) is 0. The van der Waals surface area contributed by atoms with Crippen LogP contribution in [0.4, 0.5) is 4.39 Å². The highest BCUT2D eigenvalue weighted by molar-refractivity contribution is 7.27. The van der Waals surface area contributed by atoms with E-state index in [0.717, 1.165) is 27.1 Å². The molecule has 2 heterocycles. The van der Waals surface area contributed by atoms with Gasteiger partial charge in [0.05, 0.1) is 5.52 Å². The number of benzene rings is 3. The smallest absolute Gasteiger partial charge is 0.123 e. The summed E-state index contributed by atoms with van der Waals surface area (Å²) in [6, 6.07) is 13.2. The van der Waals surface area contributed by atoms with Crippen LogP contribution in [0.2, 0.25) is 0 Å². The first-order chi connectivity index (χ1) is 10.8. The fourth-order valence-corrected chi connectivity index (χ4v) is 4.40. The van der Waals surface area contributed by atoms with Gasteiger partial charge in [0.15, 0.2) is 0 Å². The van der Waals surface area contributed by atoms with Gasteiger partial charge in [0.1, 0.15) is 12.1 Å². The zero-order valence-electron chi connectivity index (χ0n) is 11.4. The Bertz CT molecular complexity index is 1190. The molecule has 0 saturated carbocycles. The molecule has 0 N–H and O–H groups in total. The second kappa shape index (κ2) is 4.21. The summed E-state index contributed by atoms with van der Waals surface area (Å²) >= 11 is 1.73. The van der Waals surface area contributed by atoms with Crippen molar-refractivity contribution in [2.75, 3.05) is 0 Å². The number of fused-ring (bicyclic) bond motifs is 8. The van der Waals surface area contributed by atoms with Crippen molar-refractivity contribution in [2.24, 2.45) is 0 Å². The van der Waals surface area contributed by atoms with Gasteiger partial charge in [0.25, 0.3) is 0 Å². The van der Waals surface area contributed by atoms with Crippen LogP contribution in [0.15, 0.2) is 55.0 Å². The molecule has 0 amide bonds. The number of hydrogen-bond acceptors (Lipinski definition) is 3. The largest absolute Gasteiger partial charge is 0.244 e. The maximum atomic E-state index is 13.7. The first-order valence-electron chi connectivity index (χ1n) is 6.95. The van der Waals surface area contributed by atoms with Crippen LogP contribution < -0.4 is 0 Å². The standard InChI is InChI=1S/C18H9FN2S/c19-10-5-6-11-13(7-10)17-14(8-20-9-21-17)16-12-3-1-2-4-15(12)22-18(11)16/h1-9H. The molecule has 0 spiro atoms. The molecule has 5 rings (SSSR count). The fraction of sp³-hybridized carbons (Fsp3) is 0. The van der Waals surface area contributed by atoms with Crippen LogP contribution in [0.1, 0.15) is 0 Å². The third-order valence-corrected chi connectivity index (χ3v) is 5.26. The third-order valence-electron chi connectivity index (χ3n) is 4.06. The molecule has 0 unspecified atom stereocenters. The number of nitrogens with zero attached hydrogens (tertiary/aromatic N) is 2.